The van der Waals surface area contributed by atoms with Gasteiger partial charge in [-0.05, 0) is 23.0 Å². The third-order valence-corrected chi connectivity index (χ3v) is 2.64. The number of hydrogen-bond acceptors (Lipinski definition) is 1. The second-order valence-electron chi connectivity index (χ2n) is 4.67. The van der Waals surface area contributed by atoms with Crippen molar-refractivity contribution in [1.82, 2.24) is 0 Å². The average Bonchev–Trinajstić information content (AvgIpc) is 2.16. The van der Waals surface area contributed by atoms with Crippen LogP contribution in [0.25, 0.3) is 0 Å². The molecule has 1 aromatic rings. The van der Waals surface area contributed by atoms with E-state index in [0.29, 0.717) is 11.8 Å². The number of carbonyl (C=O) groups is 1. The second kappa shape index (κ2) is 5.15. The zero-order chi connectivity index (χ0) is 12.3. The van der Waals surface area contributed by atoms with Crippen molar-refractivity contribution < 1.29 is 4.79 Å². The molecule has 16 heavy (non-hydrogen) atoms. The number of amides is 1. The average molecular weight is 218 g/mol. The molecule has 1 radical (unpaired) electrons. The molecule has 0 spiro atoms. The van der Waals surface area contributed by atoms with E-state index in [1.165, 1.54) is 11.1 Å². The second-order valence-corrected chi connectivity index (χ2v) is 4.67. The smallest absolute Gasteiger partial charge is 0.224 e. The van der Waals surface area contributed by atoms with Gasteiger partial charge in [-0.15, -0.1) is 0 Å². The number of benzene rings is 1. The molecule has 0 saturated heterocycles. The maximum atomic E-state index is 11.1. The molecule has 0 aliphatic heterocycles. The van der Waals surface area contributed by atoms with E-state index in [4.69, 9.17) is 0 Å². The normalized spacial score (nSPS) is 10.9. The molecule has 0 aliphatic rings. The molecule has 0 aliphatic carbocycles. The van der Waals surface area contributed by atoms with Gasteiger partial charge in [-0.2, -0.15) is 0 Å². The van der Waals surface area contributed by atoms with Gasteiger partial charge in [0.1, 0.15) is 0 Å². The fraction of sp³-hybridized carbons (Fsp3) is 0.429. The van der Waals surface area contributed by atoms with E-state index in [0.717, 1.165) is 5.69 Å². The summed E-state index contributed by atoms with van der Waals surface area (Å²) in [7, 11) is 0. The van der Waals surface area contributed by atoms with Crippen molar-refractivity contribution in [1.29, 1.82) is 0 Å². The summed E-state index contributed by atoms with van der Waals surface area (Å²) >= 11 is 0. The van der Waals surface area contributed by atoms with E-state index in [1.54, 1.807) is 0 Å². The maximum absolute atomic E-state index is 11.1. The van der Waals surface area contributed by atoms with Crippen LogP contribution in [0.4, 0.5) is 5.69 Å². The third-order valence-electron chi connectivity index (χ3n) is 2.64. The Morgan fingerprint density at radius 3 is 1.88 bits per heavy atom. The van der Waals surface area contributed by atoms with Crippen LogP contribution in [0.15, 0.2) is 18.2 Å². The Hall–Kier alpha value is -1.31. The van der Waals surface area contributed by atoms with Crippen molar-refractivity contribution in [3.63, 3.8) is 0 Å². The predicted molar refractivity (Wildman–Crippen MR) is 68.6 cm³/mol. The molecule has 0 aromatic heterocycles. The first kappa shape index (κ1) is 12.8. The molecule has 0 unspecified atom stereocenters. The SMILES string of the molecule is [CH2]C(=O)Nc1c(C(C)C)cccc1C(C)C. The largest absolute Gasteiger partial charge is 0.326 e. The van der Waals surface area contributed by atoms with Gasteiger partial charge in [-0.3, -0.25) is 4.79 Å². The third kappa shape index (κ3) is 2.84. The molecule has 87 valence electrons. The Labute approximate surface area is 98.1 Å². The highest BCUT2D eigenvalue weighted by Crippen LogP contribution is 2.32. The summed E-state index contributed by atoms with van der Waals surface area (Å²) in [6.45, 7) is 11.9. The zero-order valence-electron chi connectivity index (χ0n) is 10.5. The van der Waals surface area contributed by atoms with Crippen LogP contribution in [0.5, 0.6) is 0 Å². The summed E-state index contributed by atoms with van der Waals surface area (Å²) in [5, 5.41) is 2.85. The molecule has 1 amide bonds. The number of para-hydroxylation sites is 1. The monoisotopic (exact) mass is 218 g/mol. The summed E-state index contributed by atoms with van der Waals surface area (Å²) in [5.74, 6) is 0.524. The number of carbonyl (C=O) groups excluding carboxylic acids is 1. The first-order valence-corrected chi connectivity index (χ1v) is 5.69. The van der Waals surface area contributed by atoms with E-state index in [1.807, 2.05) is 6.07 Å². The first-order valence-electron chi connectivity index (χ1n) is 5.69. The summed E-state index contributed by atoms with van der Waals surface area (Å²) in [6.07, 6.45) is 0. The van der Waals surface area contributed by atoms with Gasteiger partial charge < -0.3 is 5.32 Å². The van der Waals surface area contributed by atoms with Gasteiger partial charge in [-0.1, -0.05) is 45.9 Å². The van der Waals surface area contributed by atoms with Gasteiger partial charge in [0, 0.05) is 12.6 Å². The first-order chi connectivity index (χ1) is 7.43. The molecule has 2 heteroatoms. The highest BCUT2D eigenvalue weighted by Gasteiger charge is 2.14. The van der Waals surface area contributed by atoms with Crippen LogP contribution in [0, 0.1) is 6.92 Å². The van der Waals surface area contributed by atoms with Gasteiger partial charge in [0.25, 0.3) is 0 Å². The molecule has 1 N–H and O–H groups in total. The van der Waals surface area contributed by atoms with E-state index in [2.05, 4.69) is 52.1 Å². The predicted octanol–water partition coefficient (Wildman–Crippen LogP) is 3.71. The Morgan fingerprint density at radius 1 is 1.12 bits per heavy atom. The zero-order valence-corrected chi connectivity index (χ0v) is 10.5. The number of rotatable bonds is 3. The molecule has 0 atom stereocenters. The minimum atomic E-state index is -0.255. The Morgan fingerprint density at radius 2 is 1.56 bits per heavy atom. The summed E-state index contributed by atoms with van der Waals surface area (Å²) in [5.41, 5.74) is 3.28. The number of hydrogen-bond donors (Lipinski definition) is 1. The maximum Gasteiger partial charge on any atom is 0.224 e. The fourth-order valence-electron chi connectivity index (χ4n) is 1.83. The minimum absolute atomic E-state index is 0.255. The van der Waals surface area contributed by atoms with Crippen molar-refractivity contribution in [3.05, 3.63) is 36.2 Å². The highest BCUT2D eigenvalue weighted by molar-refractivity contribution is 5.95. The van der Waals surface area contributed by atoms with E-state index in [9.17, 15) is 4.79 Å². The van der Waals surface area contributed by atoms with E-state index in [-0.39, 0.29) is 5.91 Å². The van der Waals surface area contributed by atoms with Crippen LogP contribution in [0.1, 0.15) is 50.7 Å². The summed E-state index contributed by atoms with van der Waals surface area (Å²) in [4.78, 5) is 11.1. The topological polar surface area (TPSA) is 29.1 Å². The van der Waals surface area contributed by atoms with Gasteiger partial charge >= 0.3 is 0 Å². The van der Waals surface area contributed by atoms with Crippen LogP contribution >= 0.6 is 0 Å². The Bertz CT molecular complexity index is 354. The molecule has 0 saturated carbocycles. The lowest BCUT2D eigenvalue weighted by Gasteiger charge is -2.19. The van der Waals surface area contributed by atoms with Crippen molar-refractivity contribution in [2.75, 3.05) is 5.32 Å². The number of nitrogens with one attached hydrogen (secondary N) is 1. The molecule has 0 heterocycles. The highest BCUT2D eigenvalue weighted by atomic mass is 16.1. The van der Waals surface area contributed by atoms with Crippen LogP contribution < -0.4 is 5.32 Å². The molecule has 0 fully saturated rings. The van der Waals surface area contributed by atoms with Crippen LogP contribution in [0.3, 0.4) is 0 Å². The van der Waals surface area contributed by atoms with Gasteiger partial charge in [0.15, 0.2) is 0 Å². The summed E-state index contributed by atoms with van der Waals surface area (Å²) < 4.78 is 0. The van der Waals surface area contributed by atoms with Crippen molar-refractivity contribution in [3.8, 4) is 0 Å². The standard InChI is InChI=1S/C14H20NO/c1-9(2)12-7-6-8-13(10(3)4)14(12)15-11(5)16/h6-10H,5H2,1-4H3,(H,15,16). The van der Waals surface area contributed by atoms with Crippen molar-refractivity contribution in [2.45, 2.75) is 39.5 Å². The van der Waals surface area contributed by atoms with Gasteiger partial charge in [0.2, 0.25) is 5.91 Å². The van der Waals surface area contributed by atoms with Crippen LogP contribution in [-0.4, -0.2) is 5.91 Å². The molecule has 2 nitrogen and oxygen atoms in total. The lowest BCUT2D eigenvalue weighted by molar-refractivity contribution is -0.112. The molecule has 0 bridgehead atoms. The minimum Gasteiger partial charge on any atom is -0.326 e. The van der Waals surface area contributed by atoms with E-state index >= 15 is 0 Å². The lowest BCUT2D eigenvalue weighted by atomic mass is 9.92. The van der Waals surface area contributed by atoms with Crippen molar-refractivity contribution in [2.24, 2.45) is 0 Å². The Balaban J connectivity index is 3.28. The van der Waals surface area contributed by atoms with Crippen LogP contribution in [0.2, 0.25) is 0 Å². The molecular weight excluding hydrogens is 198 g/mol. The molecular formula is C14H20NO. The lowest BCUT2D eigenvalue weighted by Crippen LogP contribution is -2.12. The molecule has 1 aromatic carbocycles. The van der Waals surface area contributed by atoms with Gasteiger partial charge in [-0.25, -0.2) is 0 Å². The summed E-state index contributed by atoms with van der Waals surface area (Å²) in [6, 6.07) is 6.16. The molecule has 1 rings (SSSR count). The van der Waals surface area contributed by atoms with Crippen LogP contribution in [-0.2, 0) is 4.79 Å². The Kier molecular flexibility index (Phi) is 4.11. The van der Waals surface area contributed by atoms with Crippen molar-refractivity contribution >= 4 is 11.6 Å². The quantitative estimate of drug-likeness (QED) is 0.823. The number of anilines is 1. The fourth-order valence-corrected chi connectivity index (χ4v) is 1.83. The van der Waals surface area contributed by atoms with E-state index < -0.39 is 0 Å². The van der Waals surface area contributed by atoms with Gasteiger partial charge in [0.05, 0.1) is 0 Å².